The molecule has 4 atom stereocenters. The number of benzene rings is 2. The predicted octanol–water partition coefficient (Wildman–Crippen LogP) is 3.94. The van der Waals surface area contributed by atoms with Crippen molar-refractivity contribution < 1.29 is 19.4 Å². The summed E-state index contributed by atoms with van der Waals surface area (Å²) >= 11 is 12.1. The first-order valence-electron chi connectivity index (χ1n) is 8.71. The number of carbonyl (C=O) groups is 2. The molecule has 1 saturated heterocycles. The Morgan fingerprint density at radius 1 is 1.14 bits per heavy atom. The van der Waals surface area contributed by atoms with Crippen LogP contribution in [0.3, 0.4) is 0 Å². The van der Waals surface area contributed by atoms with E-state index in [4.69, 9.17) is 27.9 Å². The number of amides is 2. The molecule has 0 radical (unpaired) electrons. The molecule has 0 saturated carbocycles. The van der Waals surface area contributed by atoms with Crippen molar-refractivity contribution in [2.45, 2.75) is 30.6 Å². The smallest absolute Gasteiger partial charge is 0.432 e. The van der Waals surface area contributed by atoms with Crippen LogP contribution >= 0.6 is 23.2 Å². The highest BCUT2D eigenvalue weighted by atomic mass is 35.5. The van der Waals surface area contributed by atoms with Gasteiger partial charge in [0.25, 0.3) is 5.91 Å². The third kappa shape index (κ3) is 4.00. The Balaban J connectivity index is 1.78. The molecule has 1 heterocycles. The second-order valence-corrected chi connectivity index (χ2v) is 7.48. The first-order valence-corrected chi connectivity index (χ1v) is 9.52. The highest BCUT2D eigenvalue weighted by Crippen LogP contribution is 2.32. The second-order valence-electron chi connectivity index (χ2n) is 6.58. The molecule has 1 aliphatic heterocycles. The fourth-order valence-electron chi connectivity index (χ4n) is 3.08. The molecule has 0 unspecified atom stereocenters. The summed E-state index contributed by atoms with van der Waals surface area (Å²) in [5.74, 6) is -0.769. The molecule has 2 amide bonds. The fourth-order valence-corrected chi connectivity index (χ4v) is 3.44. The third-order valence-electron chi connectivity index (χ3n) is 4.81. The summed E-state index contributed by atoms with van der Waals surface area (Å²) in [4.78, 5) is 25.4. The van der Waals surface area contributed by atoms with Gasteiger partial charge in [0, 0.05) is 12.1 Å². The van der Waals surface area contributed by atoms with E-state index in [1.165, 1.54) is 5.01 Å². The minimum absolute atomic E-state index is 0.319. The van der Waals surface area contributed by atoms with E-state index < -0.39 is 29.6 Å². The van der Waals surface area contributed by atoms with Gasteiger partial charge in [-0.15, -0.1) is 11.6 Å². The van der Waals surface area contributed by atoms with Crippen LogP contribution in [0.2, 0.25) is 5.02 Å². The fraction of sp³-hybridized carbons (Fsp3) is 0.300. The molecular weight excluding hydrogens is 403 g/mol. The van der Waals surface area contributed by atoms with Gasteiger partial charge >= 0.3 is 6.09 Å². The molecule has 0 bridgehead atoms. The number of hydrazine groups is 1. The van der Waals surface area contributed by atoms with E-state index in [0.29, 0.717) is 10.6 Å². The highest BCUT2D eigenvalue weighted by molar-refractivity contribution is 6.32. The van der Waals surface area contributed by atoms with Crippen molar-refractivity contribution in [3.8, 4) is 0 Å². The lowest BCUT2D eigenvalue weighted by atomic mass is 10.0. The van der Waals surface area contributed by atoms with Gasteiger partial charge in [0.05, 0.1) is 6.04 Å². The minimum atomic E-state index is -1.38. The largest absolute Gasteiger partial charge is 0.438 e. The lowest BCUT2D eigenvalue weighted by molar-refractivity contribution is -0.164. The molecule has 3 rings (SSSR count). The summed E-state index contributed by atoms with van der Waals surface area (Å²) in [6.45, 7) is 1.84. The summed E-state index contributed by atoms with van der Waals surface area (Å²) in [6, 6.07) is 15.3. The average Bonchev–Trinajstić information content (AvgIpc) is 2.70. The zero-order chi connectivity index (χ0) is 20.4. The Labute approximate surface area is 173 Å². The number of ether oxygens (including phenoxy) is 1. The zero-order valence-corrected chi connectivity index (χ0v) is 16.8. The normalized spacial score (nSPS) is 22.5. The predicted molar refractivity (Wildman–Crippen MR) is 106 cm³/mol. The van der Waals surface area contributed by atoms with E-state index in [1.807, 2.05) is 37.3 Å². The van der Waals surface area contributed by atoms with Gasteiger partial charge < -0.3 is 9.84 Å². The van der Waals surface area contributed by atoms with Crippen LogP contribution in [0.25, 0.3) is 0 Å². The van der Waals surface area contributed by atoms with E-state index in [-0.39, 0.29) is 6.04 Å². The maximum Gasteiger partial charge on any atom is 0.432 e. The molecule has 0 aliphatic carbocycles. The number of nitrogens with zero attached hydrogens (tertiary/aromatic N) is 2. The van der Waals surface area contributed by atoms with Gasteiger partial charge in [-0.25, -0.2) is 9.80 Å². The van der Waals surface area contributed by atoms with Crippen molar-refractivity contribution in [3.05, 3.63) is 70.7 Å². The van der Waals surface area contributed by atoms with E-state index in [1.54, 1.807) is 31.3 Å². The molecule has 0 aromatic heterocycles. The van der Waals surface area contributed by atoms with Crippen molar-refractivity contribution in [1.82, 2.24) is 10.0 Å². The van der Waals surface area contributed by atoms with Crippen LogP contribution in [0.4, 0.5) is 4.79 Å². The summed E-state index contributed by atoms with van der Waals surface area (Å²) in [5.41, 5.74) is 1.24. The van der Waals surface area contributed by atoms with Gasteiger partial charge in [-0.3, -0.25) is 4.79 Å². The van der Waals surface area contributed by atoms with Crippen molar-refractivity contribution in [3.63, 3.8) is 0 Å². The number of aliphatic hydroxyl groups is 1. The number of likely N-dealkylation sites (N-methyl/N-ethyl adjacent to an activating group) is 1. The van der Waals surface area contributed by atoms with Crippen molar-refractivity contribution in [2.75, 3.05) is 7.05 Å². The number of aliphatic hydroxyl groups excluding tert-OH is 1. The number of cyclic esters (lactones) is 1. The van der Waals surface area contributed by atoms with Gasteiger partial charge in [-0.05, 0) is 30.2 Å². The number of alkyl halides is 1. The van der Waals surface area contributed by atoms with Crippen molar-refractivity contribution in [1.29, 1.82) is 0 Å². The molecule has 0 spiro atoms. The van der Waals surface area contributed by atoms with Crippen LogP contribution in [0.15, 0.2) is 54.6 Å². The summed E-state index contributed by atoms with van der Waals surface area (Å²) in [7, 11) is 1.61. The van der Waals surface area contributed by atoms with Crippen molar-refractivity contribution >= 4 is 35.2 Å². The Bertz CT molecular complexity index is 847. The van der Waals surface area contributed by atoms with Gasteiger partial charge in [-0.2, -0.15) is 5.01 Å². The first-order chi connectivity index (χ1) is 13.3. The lowest BCUT2D eigenvalue weighted by Gasteiger charge is -2.43. The minimum Gasteiger partial charge on any atom is -0.438 e. The molecule has 148 valence electrons. The van der Waals surface area contributed by atoms with E-state index >= 15 is 0 Å². The maximum absolute atomic E-state index is 12.9. The number of imide groups is 1. The van der Waals surface area contributed by atoms with Crippen LogP contribution in [0.1, 0.15) is 30.3 Å². The van der Waals surface area contributed by atoms with Crippen molar-refractivity contribution in [2.24, 2.45) is 0 Å². The summed E-state index contributed by atoms with van der Waals surface area (Å²) in [6.07, 6.45) is -2.68. The summed E-state index contributed by atoms with van der Waals surface area (Å²) in [5, 5.41) is 11.9. The van der Waals surface area contributed by atoms with E-state index in [2.05, 4.69) is 0 Å². The third-order valence-corrected chi connectivity index (χ3v) is 5.48. The lowest BCUT2D eigenvalue weighted by Crippen LogP contribution is -2.60. The van der Waals surface area contributed by atoms with Crippen LogP contribution in [0, 0.1) is 0 Å². The van der Waals surface area contributed by atoms with Gasteiger partial charge in [-0.1, -0.05) is 54.1 Å². The molecule has 1 N–H and O–H groups in total. The topological polar surface area (TPSA) is 70.1 Å². The first kappa shape index (κ1) is 20.6. The average molecular weight is 423 g/mol. The highest BCUT2D eigenvalue weighted by Gasteiger charge is 2.44. The number of carbonyl (C=O) groups excluding carboxylic acids is 2. The molecule has 6 nitrogen and oxygen atoms in total. The second kappa shape index (κ2) is 8.49. The van der Waals surface area contributed by atoms with Crippen LogP contribution in [-0.2, 0) is 9.53 Å². The van der Waals surface area contributed by atoms with E-state index in [0.717, 1.165) is 10.6 Å². The number of hydrogen-bond acceptors (Lipinski definition) is 5. The van der Waals surface area contributed by atoms with E-state index in [9.17, 15) is 14.7 Å². The van der Waals surface area contributed by atoms with Gasteiger partial charge in [0.2, 0.25) is 0 Å². The number of hydrogen-bond donors (Lipinski definition) is 1. The Kier molecular flexibility index (Phi) is 6.25. The Hall–Kier alpha value is -2.12. The molecule has 28 heavy (non-hydrogen) atoms. The zero-order valence-electron chi connectivity index (χ0n) is 15.3. The molecule has 2 aromatic rings. The van der Waals surface area contributed by atoms with Gasteiger partial charge in [0.15, 0.2) is 0 Å². The molecule has 1 aliphatic rings. The Morgan fingerprint density at radius 2 is 1.75 bits per heavy atom. The van der Waals surface area contributed by atoms with Gasteiger partial charge in [0.1, 0.15) is 17.6 Å². The number of rotatable bonds is 4. The number of halogens is 2. The molecule has 1 fully saturated rings. The summed E-state index contributed by atoms with van der Waals surface area (Å²) < 4.78 is 5.51. The molecular formula is C20H20Cl2N2O4. The molecule has 2 aromatic carbocycles. The quantitative estimate of drug-likeness (QED) is 0.755. The maximum atomic E-state index is 12.9. The SMILES string of the molecule is C[C@H]1[C@@H](c2ccccc2)OC(=O)N(C(=O)[C@@H](Cl)[C@H](O)c2ccc(Cl)cc2)N1C. The van der Waals surface area contributed by atoms with Crippen LogP contribution in [0.5, 0.6) is 0 Å². The standard InChI is InChI=1S/C20H20Cl2N2O4/c1-12-18(14-6-4-3-5-7-14)28-20(27)24(23(12)2)19(26)16(22)17(25)13-8-10-15(21)11-9-13/h3-12,16-18,25H,1-2H3/t12-,16-,17+,18-/m0/s1. The Morgan fingerprint density at radius 3 is 2.36 bits per heavy atom. The van der Waals surface area contributed by atoms with Crippen LogP contribution < -0.4 is 0 Å². The molecule has 8 heteroatoms. The monoisotopic (exact) mass is 422 g/mol. The van der Waals surface area contributed by atoms with Crippen LogP contribution in [-0.4, -0.2) is 45.6 Å².